The fraction of sp³-hybridized carbons (Fsp3) is 0. The molecule has 5 heteroatoms. The second kappa shape index (κ2) is 4.79. The molecule has 2 aromatic carbocycles. The number of hydrogen-bond acceptors (Lipinski definition) is 5. The smallest absolute Gasteiger partial charge is 0.162 e. The SMILES string of the molecule is c1ccc2c(Nc3nncc4ccccc34)nncc2c1. The zero-order chi connectivity index (χ0) is 14.1. The molecule has 5 nitrogen and oxygen atoms in total. The number of hydrogen-bond donors (Lipinski definition) is 1. The Bertz CT molecular complexity index is 848. The van der Waals surface area contributed by atoms with Gasteiger partial charge in [0.1, 0.15) is 0 Å². The van der Waals surface area contributed by atoms with Crippen molar-refractivity contribution in [3.8, 4) is 0 Å². The molecule has 0 spiro atoms. The van der Waals surface area contributed by atoms with Crippen LogP contribution in [-0.4, -0.2) is 20.4 Å². The summed E-state index contributed by atoms with van der Waals surface area (Å²) in [5, 5.41) is 23.7. The van der Waals surface area contributed by atoms with Gasteiger partial charge in [0.2, 0.25) is 0 Å². The molecule has 0 saturated heterocycles. The van der Waals surface area contributed by atoms with Gasteiger partial charge < -0.3 is 5.32 Å². The van der Waals surface area contributed by atoms with Crippen LogP contribution in [0.5, 0.6) is 0 Å². The van der Waals surface area contributed by atoms with Gasteiger partial charge in [-0.2, -0.15) is 10.2 Å². The van der Waals surface area contributed by atoms with Crippen LogP contribution in [0.3, 0.4) is 0 Å². The summed E-state index contributed by atoms with van der Waals surface area (Å²) < 4.78 is 0. The van der Waals surface area contributed by atoms with Gasteiger partial charge in [-0.3, -0.25) is 0 Å². The van der Waals surface area contributed by atoms with E-state index in [1.807, 2.05) is 48.5 Å². The van der Waals surface area contributed by atoms with Crippen LogP contribution < -0.4 is 5.32 Å². The van der Waals surface area contributed by atoms with Crippen molar-refractivity contribution < 1.29 is 0 Å². The minimum atomic E-state index is 0.679. The first kappa shape index (κ1) is 11.7. The number of rotatable bonds is 2. The van der Waals surface area contributed by atoms with Gasteiger partial charge in [-0.05, 0) is 0 Å². The van der Waals surface area contributed by atoms with Gasteiger partial charge >= 0.3 is 0 Å². The van der Waals surface area contributed by atoms with E-state index in [9.17, 15) is 0 Å². The highest BCUT2D eigenvalue weighted by atomic mass is 15.2. The van der Waals surface area contributed by atoms with Crippen LogP contribution in [0.25, 0.3) is 21.5 Å². The Labute approximate surface area is 120 Å². The highest BCUT2D eigenvalue weighted by Crippen LogP contribution is 2.26. The van der Waals surface area contributed by atoms with Crippen LogP contribution in [0.1, 0.15) is 0 Å². The van der Waals surface area contributed by atoms with Crippen molar-refractivity contribution in [1.82, 2.24) is 20.4 Å². The van der Waals surface area contributed by atoms with Crippen molar-refractivity contribution in [3.05, 3.63) is 60.9 Å². The Kier molecular flexibility index (Phi) is 2.67. The Morgan fingerprint density at radius 1 is 0.619 bits per heavy atom. The standard InChI is InChI=1S/C16H11N5/c1-3-7-13-11(5-1)9-17-20-15(13)19-16-14-8-4-2-6-12(14)10-18-21-16/h1-10H,(H,19,20,21). The van der Waals surface area contributed by atoms with Gasteiger partial charge in [-0.25, -0.2) is 0 Å². The maximum absolute atomic E-state index is 4.18. The third kappa shape index (κ3) is 2.04. The van der Waals surface area contributed by atoms with E-state index < -0.39 is 0 Å². The van der Waals surface area contributed by atoms with Crippen LogP contribution >= 0.6 is 0 Å². The minimum absolute atomic E-state index is 0.679. The topological polar surface area (TPSA) is 63.6 Å². The first-order valence-electron chi connectivity index (χ1n) is 6.60. The van der Waals surface area contributed by atoms with Crippen LogP contribution in [0, 0.1) is 0 Å². The third-order valence-corrected chi connectivity index (χ3v) is 3.38. The fourth-order valence-corrected chi connectivity index (χ4v) is 2.35. The quantitative estimate of drug-likeness (QED) is 0.607. The first-order valence-corrected chi connectivity index (χ1v) is 6.60. The highest BCUT2D eigenvalue weighted by molar-refractivity contribution is 5.97. The summed E-state index contributed by atoms with van der Waals surface area (Å²) in [4.78, 5) is 0. The van der Waals surface area contributed by atoms with Crippen molar-refractivity contribution in [2.75, 3.05) is 5.32 Å². The van der Waals surface area contributed by atoms with Gasteiger partial charge in [0.05, 0.1) is 12.4 Å². The molecule has 0 unspecified atom stereocenters. The lowest BCUT2D eigenvalue weighted by Crippen LogP contribution is -2.00. The molecule has 100 valence electrons. The lowest BCUT2D eigenvalue weighted by atomic mass is 10.1. The van der Waals surface area contributed by atoms with Crippen LogP contribution in [-0.2, 0) is 0 Å². The molecule has 4 aromatic rings. The Hall–Kier alpha value is -3.08. The van der Waals surface area contributed by atoms with Gasteiger partial charge in [-0.1, -0.05) is 48.5 Å². The molecular weight excluding hydrogens is 262 g/mol. The van der Waals surface area contributed by atoms with E-state index in [0.29, 0.717) is 11.6 Å². The average Bonchev–Trinajstić information content (AvgIpc) is 2.56. The molecule has 0 saturated carbocycles. The predicted octanol–water partition coefficient (Wildman–Crippen LogP) is 3.32. The van der Waals surface area contributed by atoms with E-state index in [-0.39, 0.29) is 0 Å². The van der Waals surface area contributed by atoms with Crippen molar-refractivity contribution in [2.24, 2.45) is 0 Å². The zero-order valence-electron chi connectivity index (χ0n) is 11.1. The normalized spacial score (nSPS) is 10.9. The fourth-order valence-electron chi connectivity index (χ4n) is 2.35. The van der Waals surface area contributed by atoms with Crippen molar-refractivity contribution in [3.63, 3.8) is 0 Å². The van der Waals surface area contributed by atoms with E-state index in [4.69, 9.17) is 0 Å². The molecule has 4 rings (SSSR count). The molecule has 0 radical (unpaired) electrons. The van der Waals surface area contributed by atoms with E-state index in [1.165, 1.54) is 0 Å². The number of nitrogens with one attached hydrogen (secondary N) is 1. The lowest BCUT2D eigenvalue weighted by Gasteiger charge is -2.08. The lowest BCUT2D eigenvalue weighted by molar-refractivity contribution is 1.03. The Morgan fingerprint density at radius 3 is 1.62 bits per heavy atom. The molecule has 2 heterocycles. The van der Waals surface area contributed by atoms with Crippen molar-refractivity contribution in [1.29, 1.82) is 0 Å². The molecule has 21 heavy (non-hydrogen) atoms. The summed E-state index contributed by atoms with van der Waals surface area (Å²) in [7, 11) is 0. The van der Waals surface area contributed by atoms with Crippen LogP contribution in [0.4, 0.5) is 11.6 Å². The molecular formula is C16H11N5. The summed E-state index contributed by atoms with van der Waals surface area (Å²) in [6.07, 6.45) is 3.49. The number of nitrogens with zero attached hydrogens (tertiary/aromatic N) is 4. The molecule has 0 fully saturated rings. The summed E-state index contributed by atoms with van der Waals surface area (Å²) in [6, 6.07) is 15.9. The van der Waals surface area contributed by atoms with Crippen molar-refractivity contribution >= 4 is 33.2 Å². The molecule has 0 amide bonds. The summed E-state index contributed by atoms with van der Waals surface area (Å²) in [5.41, 5.74) is 0. The van der Waals surface area contributed by atoms with Gasteiger partial charge in [0.15, 0.2) is 11.6 Å². The van der Waals surface area contributed by atoms with Gasteiger partial charge in [-0.15, -0.1) is 10.2 Å². The number of benzene rings is 2. The zero-order valence-corrected chi connectivity index (χ0v) is 11.1. The Morgan fingerprint density at radius 2 is 1.10 bits per heavy atom. The molecule has 0 aliphatic heterocycles. The molecule has 0 atom stereocenters. The number of anilines is 2. The monoisotopic (exact) mass is 273 g/mol. The Balaban J connectivity index is 1.87. The van der Waals surface area contributed by atoms with E-state index >= 15 is 0 Å². The molecule has 0 bridgehead atoms. The van der Waals surface area contributed by atoms with Gasteiger partial charge in [0.25, 0.3) is 0 Å². The van der Waals surface area contributed by atoms with Crippen molar-refractivity contribution in [2.45, 2.75) is 0 Å². The number of fused-ring (bicyclic) bond motifs is 2. The average molecular weight is 273 g/mol. The maximum atomic E-state index is 4.18. The molecule has 2 aromatic heterocycles. The molecule has 0 aliphatic rings. The second-order valence-electron chi connectivity index (χ2n) is 4.69. The highest BCUT2D eigenvalue weighted by Gasteiger charge is 2.07. The van der Waals surface area contributed by atoms with E-state index in [2.05, 4.69) is 25.7 Å². The van der Waals surface area contributed by atoms with E-state index in [0.717, 1.165) is 21.5 Å². The van der Waals surface area contributed by atoms with E-state index in [1.54, 1.807) is 12.4 Å². The van der Waals surface area contributed by atoms with Gasteiger partial charge in [0, 0.05) is 21.5 Å². The minimum Gasteiger partial charge on any atom is -0.321 e. The first-order chi connectivity index (χ1) is 10.4. The maximum Gasteiger partial charge on any atom is 0.162 e. The van der Waals surface area contributed by atoms with Crippen LogP contribution in [0.2, 0.25) is 0 Å². The predicted molar refractivity (Wildman–Crippen MR) is 82.4 cm³/mol. The summed E-state index contributed by atoms with van der Waals surface area (Å²) in [6.45, 7) is 0. The second-order valence-corrected chi connectivity index (χ2v) is 4.69. The van der Waals surface area contributed by atoms with Crippen LogP contribution in [0.15, 0.2) is 60.9 Å². The number of aromatic nitrogens is 4. The molecule has 1 N–H and O–H groups in total. The largest absolute Gasteiger partial charge is 0.321 e. The third-order valence-electron chi connectivity index (χ3n) is 3.38. The summed E-state index contributed by atoms with van der Waals surface area (Å²) >= 11 is 0. The summed E-state index contributed by atoms with van der Waals surface area (Å²) in [5.74, 6) is 1.36. The molecule has 0 aliphatic carbocycles.